The number of urea groups is 1. The second-order valence-corrected chi connectivity index (χ2v) is 6.11. The van der Waals surface area contributed by atoms with Crippen LogP contribution in [0, 0.1) is 6.92 Å². The number of benzene rings is 1. The van der Waals surface area contributed by atoms with Gasteiger partial charge in [0.25, 0.3) is 0 Å². The van der Waals surface area contributed by atoms with E-state index in [-0.39, 0.29) is 6.03 Å². The number of rotatable bonds is 5. The molecule has 2 rings (SSSR count). The van der Waals surface area contributed by atoms with Gasteiger partial charge < -0.3 is 5.32 Å². The van der Waals surface area contributed by atoms with Crippen molar-refractivity contribution < 1.29 is 4.79 Å². The van der Waals surface area contributed by atoms with Crippen molar-refractivity contribution in [2.24, 2.45) is 7.05 Å². The molecule has 0 aliphatic heterocycles. The molecular formula is C17H23ClN4O. The Morgan fingerprint density at radius 3 is 2.35 bits per heavy atom. The van der Waals surface area contributed by atoms with Gasteiger partial charge in [0.05, 0.1) is 11.2 Å². The second kappa shape index (κ2) is 7.04. The molecule has 1 aromatic heterocycles. The molecule has 23 heavy (non-hydrogen) atoms. The first-order chi connectivity index (χ1) is 10.9. The van der Waals surface area contributed by atoms with Crippen LogP contribution in [-0.4, -0.2) is 15.8 Å². The number of carbonyl (C=O) groups is 1. The molecule has 0 aliphatic carbocycles. The summed E-state index contributed by atoms with van der Waals surface area (Å²) in [6.07, 6.45) is 1.56. The fourth-order valence-electron chi connectivity index (χ4n) is 2.77. The zero-order chi connectivity index (χ0) is 17.0. The van der Waals surface area contributed by atoms with Crippen LogP contribution in [0.1, 0.15) is 37.9 Å². The molecule has 6 heteroatoms. The van der Waals surface area contributed by atoms with Crippen molar-refractivity contribution in [3.05, 3.63) is 46.6 Å². The van der Waals surface area contributed by atoms with Gasteiger partial charge in [-0.2, -0.15) is 5.10 Å². The first-order valence-corrected chi connectivity index (χ1v) is 8.14. The smallest absolute Gasteiger partial charge is 0.321 e. The summed E-state index contributed by atoms with van der Waals surface area (Å²) in [5.74, 6) is 0.664. The van der Waals surface area contributed by atoms with E-state index in [2.05, 4.69) is 29.6 Å². The van der Waals surface area contributed by atoms with Crippen LogP contribution in [0.3, 0.4) is 0 Å². The number of carbonyl (C=O) groups excluding carboxylic acids is 1. The molecule has 0 atom stereocenters. The Morgan fingerprint density at radius 2 is 1.87 bits per heavy atom. The number of hydrogen-bond donors (Lipinski definition) is 2. The zero-order valence-electron chi connectivity index (χ0n) is 14.0. The van der Waals surface area contributed by atoms with Crippen molar-refractivity contribution in [3.63, 3.8) is 0 Å². The van der Waals surface area contributed by atoms with E-state index in [4.69, 9.17) is 11.6 Å². The van der Waals surface area contributed by atoms with E-state index in [1.807, 2.05) is 37.3 Å². The van der Waals surface area contributed by atoms with Gasteiger partial charge >= 0.3 is 6.03 Å². The Labute approximate surface area is 142 Å². The summed E-state index contributed by atoms with van der Waals surface area (Å²) in [5, 5.41) is 10.9. The maximum atomic E-state index is 12.5. The van der Waals surface area contributed by atoms with Crippen molar-refractivity contribution >= 4 is 23.4 Å². The molecule has 2 N–H and O–H groups in total. The molecule has 0 spiro atoms. The monoisotopic (exact) mass is 334 g/mol. The van der Waals surface area contributed by atoms with E-state index in [0.29, 0.717) is 10.8 Å². The molecule has 0 saturated carbocycles. The van der Waals surface area contributed by atoms with Gasteiger partial charge in [-0.25, -0.2) is 4.79 Å². The predicted octanol–water partition coefficient (Wildman–Crippen LogP) is 4.22. The molecule has 0 aliphatic rings. The molecule has 0 fully saturated rings. The van der Waals surface area contributed by atoms with Crippen molar-refractivity contribution in [1.82, 2.24) is 15.1 Å². The van der Waals surface area contributed by atoms with E-state index < -0.39 is 5.54 Å². The fraction of sp³-hybridized carbons (Fsp3) is 0.412. The van der Waals surface area contributed by atoms with Crippen molar-refractivity contribution in [2.75, 3.05) is 5.32 Å². The third kappa shape index (κ3) is 3.85. The van der Waals surface area contributed by atoms with Gasteiger partial charge in [-0.1, -0.05) is 37.6 Å². The number of aromatic nitrogens is 2. The lowest BCUT2D eigenvalue weighted by Crippen LogP contribution is -2.47. The third-order valence-electron chi connectivity index (χ3n) is 4.20. The lowest BCUT2D eigenvalue weighted by molar-refractivity contribution is 0.231. The SMILES string of the molecule is CCC(CC)(NC(=O)Nc1cc(C)nn1C)c1ccc(Cl)cc1. The van der Waals surface area contributed by atoms with E-state index in [1.54, 1.807) is 11.7 Å². The molecular weight excluding hydrogens is 312 g/mol. The highest BCUT2D eigenvalue weighted by Crippen LogP contribution is 2.29. The lowest BCUT2D eigenvalue weighted by atomic mass is 9.85. The van der Waals surface area contributed by atoms with Crippen molar-refractivity contribution in [3.8, 4) is 0 Å². The van der Waals surface area contributed by atoms with E-state index >= 15 is 0 Å². The Balaban J connectivity index is 2.19. The van der Waals surface area contributed by atoms with Crippen LogP contribution in [0.15, 0.2) is 30.3 Å². The number of nitrogens with zero attached hydrogens (tertiary/aromatic N) is 2. The number of nitrogens with one attached hydrogen (secondary N) is 2. The minimum atomic E-state index is -0.428. The molecule has 0 bridgehead atoms. The van der Waals surface area contributed by atoms with Gasteiger partial charge in [0.1, 0.15) is 5.82 Å². The van der Waals surface area contributed by atoms with Crippen molar-refractivity contribution in [1.29, 1.82) is 0 Å². The van der Waals surface area contributed by atoms with E-state index in [9.17, 15) is 4.79 Å². The van der Waals surface area contributed by atoms with Gasteiger partial charge in [-0.3, -0.25) is 10.00 Å². The summed E-state index contributed by atoms with van der Waals surface area (Å²) in [4.78, 5) is 12.5. The maximum Gasteiger partial charge on any atom is 0.321 e. The molecule has 2 aromatic rings. The molecule has 2 amide bonds. The first-order valence-electron chi connectivity index (χ1n) is 7.76. The summed E-state index contributed by atoms with van der Waals surface area (Å²) in [5.41, 5.74) is 1.48. The second-order valence-electron chi connectivity index (χ2n) is 5.67. The minimum Gasteiger partial charge on any atom is -0.328 e. The van der Waals surface area contributed by atoms with Crippen LogP contribution in [0.5, 0.6) is 0 Å². The Morgan fingerprint density at radius 1 is 1.26 bits per heavy atom. The quantitative estimate of drug-likeness (QED) is 0.860. The minimum absolute atomic E-state index is 0.244. The van der Waals surface area contributed by atoms with Crippen LogP contribution in [-0.2, 0) is 12.6 Å². The summed E-state index contributed by atoms with van der Waals surface area (Å²) < 4.78 is 1.65. The standard InChI is InChI=1S/C17H23ClN4O/c1-5-17(6-2,13-7-9-14(18)10-8-13)20-16(23)19-15-11-12(3)21-22(15)4/h7-11H,5-6H2,1-4H3,(H2,19,20,23). The van der Waals surface area contributed by atoms with Gasteiger partial charge in [0.15, 0.2) is 0 Å². The molecule has 0 radical (unpaired) electrons. The van der Waals surface area contributed by atoms with Gasteiger partial charge in [-0.15, -0.1) is 0 Å². The highest BCUT2D eigenvalue weighted by molar-refractivity contribution is 6.30. The van der Waals surface area contributed by atoms with E-state index in [1.165, 1.54) is 0 Å². The number of amides is 2. The number of hydrogen-bond acceptors (Lipinski definition) is 2. The molecule has 0 saturated heterocycles. The fourth-order valence-corrected chi connectivity index (χ4v) is 2.89. The Kier molecular flexibility index (Phi) is 5.31. The summed E-state index contributed by atoms with van der Waals surface area (Å²) in [6, 6.07) is 9.21. The Hall–Kier alpha value is -2.01. The van der Waals surface area contributed by atoms with Crippen LogP contribution < -0.4 is 10.6 Å². The molecule has 124 valence electrons. The number of halogens is 1. The summed E-state index contributed by atoms with van der Waals surface area (Å²) in [7, 11) is 1.80. The largest absolute Gasteiger partial charge is 0.328 e. The summed E-state index contributed by atoms with van der Waals surface area (Å²) >= 11 is 5.97. The Bertz CT molecular complexity index is 674. The molecule has 0 unspecified atom stereocenters. The van der Waals surface area contributed by atoms with E-state index in [0.717, 1.165) is 24.1 Å². The summed E-state index contributed by atoms with van der Waals surface area (Å²) in [6.45, 7) is 6.01. The normalized spacial score (nSPS) is 11.3. The topological polar surface area (TPSA) is 59.0 Å². The lowest BCUT2D eigenvalue weighted by Gasteiger charge is -2.33. The average molecular weight is 335 g/mol. The first kappa shape index (κ1) is 17.3. The van der Waals surface area contributed by atoms with Gasteiger partial charge in [-0.05, 0) is 37.5 Å². The number of anilines is 1. The van der Waals surface area contributed by atoms with Gasteiger partial charge in [0.2, 0.25) is 0 Å². The number of aryl methyl sites for hydroxylation is 2. The maximum absolute atomic E-state index is 12.5. The van der Waals surface area contributed by atoms with Crippen LogP contribution in [0.4, 0.5) is 10.6 Å². The highest BCUT2D eigenvalue weighted by atomic mass is 35.5. The zero-order valence-corrected chi connectivity index (χ0v) is 14.7. The van der Waals surface area contributed by atoms with Crippen LogP contribution >= 0.6 is 11.6 Å². The molecule has 1 heterocycles. The highest BCUT2D eigenvalue weighted by Gasteiger charge is 2.30. The van der Waals surface area contributed by atoms with Crippen molar-refractivity contribution in [2.45, 2.75) is 39.2 Å². The molecule has 1 aromatic carbocycles. The van der Waals surface area contributed by atoms with Gasteiger partial charge in [0, 0.05) is 18.1 Å². The van der Waals surface area contributed by atoms with Crippen LogP contribution in [0.2, 0.25) is 5.02 Å². The predicted molar refractivity (Wildman–Crippen MR) is 93.8 cm³/mol. The van der Waals surface area contributed by atoms with Crippen LogP contribution in [0.25, 0.3) is 0 Å². The third-order valence-corrected chi connectivity index (χ3v) is 4.45. The average Bonchev–Trinajstić information content (AvgIpc) is 2.83. The molecule has 5 nitrogen and oxygen atoms in total.